The van der Waals surface area contributed by atoms with Crippen molar-refractivity contribution in [1.82, 2.24) is 9.47 Å². The predicted molar refractivity (Wildman–Crippen MR) is 58.3 cm³/mol. The fraction of sp³-hybridized carbons (Fsp3) is 0.636. The van der Waals surface area contributed by atoms with Gasteiger partial charge in [-0.15, -0.1) is 0 Å². The zero-order chi connectivity index (χ0) is 10.4. The monoisotopic (exact) mass is 196 g/mol. The van der Waals surface area contributed by atoms with E-state index in [1.165, 1.54) is 5.69 Å². The Bertz CT molecular complexity index is 256. The number of nitrogens with zero attached hydrogens (tertiary/aromatic N) is 2. The second-order valence-electron chi connectivity index (χ2n) is 3.78. The highest BCUT2D eigenvalue weighted by molar-refractivity contribution is 5.06. The normalized spacial score (nSPS) is 11.1. The van der Waals surface area contributed by atoms with E-state index in [4.69, 9.17) is 4.74 Å². The Balaban J connectivity index is 2.45. The SMILES string of the molecule is COCCCn1cccc1CN(C)C. The zero-order valence-electron chi connectivity index (χ0n) is 9.36. The number of ether oxygens (including phenoxy) is 1. The van der Waals surface area contributed by atoms with Crippen LogP contribution in [0.2, 0.25) is 0 Å². The molecule has 0 unspecified atom stereocenters. The minimum absolute atomic E-state index is 0.833. The van der Waals surface area contributed by atoms with Crippen molar-refractivity contribution in [3.05, 3.63) is 24.0 Å². The summed E-state index contributed by atoms with van der Waals surface area (Å²) in [6.45, 7) is 2.88. The fourth-order valence-electron chi connectivity index (χ4n) is 1.51. The van der Waals surface area contributed by atoms with Gasteiger partial charge in [0.2, 0.25) is 0 Å². The topological polar surface area (TPSA) is 17.4 Å². The van der Waals surface area contributed by atoms with Gasteiger partial charge in [0.05, 0.1) is 0 Å². The maximum atomic E-state index is 5.04. The van der Waals surface area contributed by atoms with Crippen molar-refractivity contribution in [2.24, 2.45) is 0 Å². The maximum absolute atomic E-state index is 5.04. The Labute approximate surface area is 86.3 Å². The van der Waals surface area contributed by atoms with E-state index in [1.807, 2.05) is 0 Å². The number of hydrogen-bond acceptors (Lipinski definition) is 2. The summed E-state index contributed by atoms with van der Waals surface area (Å²) in [6, 6.07) is 4.28. The molecule has 0 spiro atoms. The van der Waals surface area contributed by atoms with Gasteiger partial charge in [-0.1, -0.05) is 0 Å². The van der Waals surface area contributed by atoms with E-state index in [0.29, 0.717) is 0 Å². The van der Waals surface area contributed by atoms with Gasteiger partial charge in [0, 0.05) is 38.7 Å². The first-order chi connectivity index (χ1) is 6.74. The van der Waals surface area contributed by atoms with Crippen LogP contribution in [0.15, 0.2) is 18.3 Å². The molecule has 14 heavy (non-hydrogen) atoms. The molecule has 1 aromatic heterocycles. The molecule has 0 radical (unpaired) electrons. The van der Waals surface area contributed by atoms with Crippen LogP contribution in [0.1, 0.15) is 12.1 Å². The van der Waals surface area contributed by atoms with Crippen LogP contribution >= 0.6 is 0 Å². The average molecular weight is 196 g/mol. The first-order valence-electron chi connectivity index (χ1n) is 5.01. The lowest BCUT2D eigenvalue weighted by molar-refractivity contribution is 0.189. The molecule has 1 aromatic rings. The van der Waals surface area contributed by atoms with Crippen LogP contribution in [-0.4, -0.2) is 37.3 Å². The number of methoxy groups -OCH3 is 1. The highest BCUT2D eigenvalue weighted by atomic mass is 16.5. The standard InChI is InChI=1S/C11H20N2O/c1-12(2)10-11-6-4-7-13(11)8-5-9-14-3/h4,6-7H,5,8-10H2,1-3H3. The molecule has 0 saturated carbocycles. The largest absolute Gasteiger partial charge is 0.385 e. The highest BCUT2D eigenvalue weighted by Gasteiger charge is 2.01. The lowest BCUT2D eigenvalue weighted by atomic mass is 10.4. The van der Waals surface area contributed by atoms with Gasteiger partial charge < -0.3 is 14.2 Å². The summed E-state index contributed by atoms with van der Waals surface area (Å²) in [5.74, 6) is 0. The smallest absolute Gasteiger partial charge is 0.0479 e. The Kier molecular flexibility index (Phi) is 4.70. The van der Waals surface area contributed by atoms with Crippen molar-refractivity contribution in [3.8, 4) is 0 Å². The molecule has 0 aromatic carbocycles. The quantitative estimate of drug-likeness (QED) is 0.643. The molecule has 1 heterocycles. The van der Waals surface area contributed by atoms with Gasteiger partial charge >= 0.3 is 0 Å². The third kappa shape index (κ3) is 3.52. The number of hydrogen-bond donors (Lipinski definition) is 0. The molecule has 3 heteroatoms. The van der Waals surface area contributed by atoms with Gasteiger partial charge in [-0.25, -0.2) is 0 Å². The molecule has 1 rings (SSSR count). The van der Waals surface area contributed by atoms with Crippen molar-refractivity contribution in [2.45, 2.75) is 19.5 Å². The van der Waals surface area contributed by atoms with E-state index in [2.05, 4.69) is 41.9 Å². The number of rotatable bonds is 6. The summed E-state index contributed by atoms with van der Waals surface area (Å²) >= 11 is 0. The summed E-state index contributed by atoms with van der Waals surface area (Å²) < 4.78 is 7.33. The van der Waals surface area contributed by atoms with E-state index in [-0.39, 0.29) is 0 Å². The molecule has 0 amide bonds. The Hall–Kier alpha value is -0.800. The van der Waals surface area contributed by atoms with Crippen LogP contribution in [0, 0.1) is 0 Å². The summed E-state index contributed by atoms with van der Waals surface area (Å²) in [4.78, 5) is 2.18. The summed E-state index contributed by atoms with van der Waals surface area (Å²) in [5.41, 5.74) is 1.37. The molecule has 0 N–H and O–H groups in total. The van der Waals surface area contributed by atoms with Crippen LogP contribution in [-0.2, 0) is 17.8 Å². The summed E-state index contributed by atoms with van der Waals surface area (Å²) in [6.07, 6.45) is 3.21. The molecule has 0 saturated heterocycles. The molecule has 0 aliphatic carbocycles. The second kappa shape index (κ2) is 5.83. The first-order valence-corrected chi connectivity index (χ1v) is 5.01. The van der Waals surface area contributed by atoms with Gasteiger partial charge in [-0.3, -0.25) is 0 Å². The lowest BCUT2D eigenvalue weighted by Crippen LogP contribution is -2.14. The van der Waals surface area contributed by atoms with E-state index < -0.39 is 0 Å². The van der Waals surface area contributed by atoms with Crippen LogP contribution in [0.4, 0.5) is 0 Å². The molecule has 0 fully saturated rings. The number of aryl methyl sites for hydroxylation is 1. The van der Waals surface area contributed by atoms with E-state index in [0.717, 1.165) is 26.1 Å². The lowest BCUT2D eigenvalue weighted by Gasteiger charge is -2.13. The Morgan fingerprint density at radius 3 is 2.86 bits per heavy atom. The molecular formula is C11H20N2O. The van der Waals surface area contributed by atoms with Gasteiger partial charge in [0.25, 0.3) is 0 Å². The molecule has 0 atom stereocenters. The van der Waals surface area contributed by atoms with Crippen molar-refractivity contribution in [1.29, 1.82) is 0 Å². The highest BCUT2D eigenvalue weighted by Crippen LogP contribution is 2.05. The summed E-state index contributed by atoms with van der Waals surface area (Å²) in [5, 5.41) is 0. The van der Waals surface area contributed by atoms with Gasteiger partial charge in [-0.05, 0) is 32.6 Å². The van der Waals surface area contributed by atoms with Crippen molar-refractivity contribution >= 4 is 0 Å². The number of aromatic nitrogens is 1. The van der Waals surface area contributed by atoms with Crippen molar-refractivity contribution < 1.29 is 4.74 Å². The van der Waals surface area contributed by atoms with Crippen molar-refractivity contribution in [3.63, 3.8) is 0 Å². The van der Waals surface area contributed by atoms with E-state index in [1.54, 1.807) is 7.11 Å². The molecule has 80 valence electrons. The van der Waals surface area contributed by atoms with Crippen LogP contribution in [0.5, 0.6) is 0 Å². The molecule has 0 aliphatic heterocycles. The maximum Gasteiger partial charge on any atom is 0.0479 e. The van der Waals surface area contributed by atoms with Crippen molar-refractivity contribution in [2.75, 3.05) is 27.8 Å². The molecular weight excluding hydrogens is 176 g/mol. The third-order valence-electron chi connectivity index (χ3n) is 2.15. The second-order valence-corrected chi connectivity index (χ2v) is 3.78. The molecule has 0 aliphatic rings. The van der Waals surface area contributed by atoms with E-state index in [9.17, 15) is 0 Å². The van der Waals surface area contributed by atoms with Crippen LogP contribution in [0.25, 0.3) is 0 Å². The minimum Gasteiger partial charge on any atom is -0.385 e. The average Bonchev–Trinajstić information content (AvgIpc) is 2.52. The Morgan fingerprint density at radius 2 is 2.21 bits per heavy atom. The summed E-state index contributed by atoms with van der Waals surface area (Å²) in [7, 11) is 5.93. The van der Waals surface area contributed by atoms with E-state index >= 15 is 0 Å². The molecule has 3 nitrogen and oxygen atoms in total. The van der Waals surface area contributed by atoms with Gasteiger partial charge in [-0.2, -0.15) is 0 Å². The van der Waals surface area contributed by atoms with Gasteiger partial charge in [0.1, 0.15) is 0 Å². The van der Waals surface area contributed by atoms with Crippen LogP contribution in [0.3, 0.4) is 0 Å². The Morgan fingerprint density at radius 1 is 1.43 bits per heavy atom. The fourth-order valence-corrected chi connectivity index (χ4v) is 1.51. The predicted octanol–water partition coefficient (Wildman–Crippen LogP) is 1.59. The zero-order valence-corrected chi connectivity index (χ0v) is 9.36. The third-order valence-corrected chi connectivity index (χ3v) is 2.15. The minimum atomic E-state index is 0.833. The van der Waals surface area contributed by atoms with Crippen LogP contribution < -0.4 is 0 Å². The molecule has 0 bridgehead atoms. The first kappa shape index (κ1) is 11.3. The van der Waals surface area contributed by atoms with Gasteiger partial charge in [0.15, 0.2) is 0 Å².